The molecule has 0 radical (unpaired) electrons. The third-order valence-electron chi connectivity index (χ3n) is 4.14. The fourth-order valence-electron chi connectivity index (χ4n) is 2.70. The molecule has 16 heavy (non-hydrogen) atoms. The highest BCUT2D eigenvalue weighted by atomic mass is 16.5. The molecule has 0 spiro atoms. The van der Waals surface area contributed by atoms with Crippen LogP contribution in [0.5, 0.6) is 0 Å². The first kappa shape index (κ1) is 12.4. The topological polar surface area (TPSA) is 21.3 Å². The van der Waals surface area contributed by atoms with Crippen LogP contribution in [0.25, 0.3) is 0 Å². The van der Waals surface area contributed by atoms with Crippen LogP contribution in [0.3, 0.4) is 0 Å². The molecule has 0 amide bonds. The molecule has 2 heteroatoms. The fourth-order valence-corrected chi connectivity index (χ4v) is 2.70. The maximum Gasteiger partial charge on any atom is 0.0575 e. The van der Waals surface area contributed by atoms with E-state index in [1.165, 1.54) is 57.8 Å². The third-order valence-corrected chi connectivity index (χ3v) is 4.14. The first-order valence-electron chi connectivity index (χ1n) is 7.17. The molecule has 0 bridgehead atoms. The molecule has 2 unspecified atom stereocenters. The lowest BCUT2D eigenvalue weighted by atomic mass is 9.98. The highest BCUT2D eigenvalue weighted by molar-refractivity contribution is 4.77. The molecule has 0 aromatic rings. The van der Waals surface area contributed by atoms with Gasteiger partial charge in [-0.2, -0.15) is 0 Å². The van der Waals surface area contributed by atoms with Crippen molar-refractivity contribution in [2.75, 3.05) is 13.7 Å². The second kappa shape index (κ2) is 6.61. The van der Waals surface area contributed by atoms with E-state index in [4.69, 9.17) is 4.74 Å². The lowest BCUT2D eigenvalue weighted by Gasteiger charge is -2.24. The largest absolute Gasteiger partial charge is 0.378 e. The van der Waals surface area contributed by atoms with E-state index in [0.29, 0.717) is 6.10 Å². The maximum absolute atomic E-state index is 5.78. The van der Waals surface area contributed by atoms with Crippen molar-refractivity contribution in [1.29, 1.82) is 0 Å². The molecule has 0 aromatic heterocycles. The Morgan fingerprint density at radius 1 is 1.12 bits per heavy atom. The molecular formula is C14H27NO. The smallest absolute Gasteiger partial charge is 0.0575 e. The van der Waals surface area contributed by atoms with Gasteiger partial charge >= 0.3 is 0 Å². The Balaban J connectivity index is 1.57. The van der Waals surface area contributed by atoms with Gasteiger partial charge in [0, 0.05) is 12.6 Å². The van der Waals surface area contributed by atoms with Crippen molar-refractivity contribution in [2.24, 2.45) is 5.92 Å². The Morgan fingerprint density at radius 2 is 1.94 bits per heavy atom. The third kappa shape index (κ3) is 4.42. The lowest BCUT2D eigenvalue weighted by molar-refractivity contribution is 0.00852. The highest BCUT2D eigenvalue weighted by Crippen LogP contribution is 2.34. The summed E-state index contributed by atoms with van der Waals surface area (Å²) in [6.45, 7) is 0.997. The molecule has 1 aliphatic heterocycles. The van der Waals surface area contributed by atoms with Crippen LogP contribution in [0, 0.1) is 5.92 Å². The summed E-state index contributed by atoms with van der Waals surface area (Å²) in [6.07, 6.45) is 12.8. The summed E-state index contributed by atoms with van der Waals surface area (Å²) in [7, 11) is 2.11. The number of hydrogen-bond acceptors (Lipinski definition) is 2. The Bertz CT molecular complexity index is 185. The van der Waals surface area contributed by atoms with Crippen LogP contribution in [0.1, 0.15) is 57.8 Å². The van der Waals surface area contributed by atoms with Crippen LogP contribution in [0.4, 0.5) is 0 Å². The van der Waals surface area contributed by atoms with E-state index in [2.05, 4.69) is 12.4 Å². The zero-order chi connectivity index (χ0) is 11.2. The molecule has 1 N–H and O–H groups in total. The molecule has 2 atom stereocenters. The van der Waals surface area contributed by atoms with Gasteiger partial charge in [0.25, 0.3) is 0 Å². The van der Waals surface area contributed by atoms with Gasteiger partial charge in [-0.3, -0.25) is 0 Å². The Hall–Kier alpha value is -0.0800. The average molecular weight is 225 g/mol. The zero-order valence-corrected chi connectivity index (χ0v) is 10.7. The average Bonchev–Trinajstić information content (AvgIpc) is 3.15. The van der Waals surface area contributed by atoms with Crippen molar-refractivity contribution in [2.45, 2.75) is 69.9 Å². The van der Waals surface area contributed by atoms with Crippen molar-refractivity contribution in [1.82, 2.24) is 5.32 Å². The van der Waals surface area contributed by atoms with E-state index < -0.39 is 0 Å². The minimum Gasteiger partial charge on any atom is -0.378 e. The SMILES string of the molecule is CNC(CCC1CC1)CCC1CCCCO1. The second-order valence-corrected chi connectivity index (χ2v) is 5.57. The van der Waals surface area contributed by atoms with Crippen LogP contribution >= 0.6 is 0 Å². The standard InChI is InChI=1S/C14H27NO/c1-15-13(8-7-12-5-6-12)9-10-14-4-2-3-11-16-14/h12-15H,2-11H2,1H3. The zero-order valence-electron chi connectivity index (χ0n) is 10.7. The summed E-state index contributed by atoms with van der Waals surface area (Å²) in [5, 5.41) is 3.47. The van der Waals surface area contributed by atoms with Gasteiger partial charge in [0.05, 0.1) is 6.10 Å². The van der Waals surface area contributed by atoms with Gasteiger partial charge in [0.2, 0.25) is 0 Å². The molecular weight excluding hydrogens is 198 g/mol. The lowest BCUT2D eigenvalue weighted by Crippen LogP contribution is -2.28. The second-order valence-electron chi connectivity index (χ2n) is 5.57. The van der Waals surface area contributed by atoms with Crippen molar-refractivity contribution in [3.05, 3.63) is 0 Å². The molecule has 1 saturated heterocycles. The van der Waals surface area contributed by atoms with E-state index in [-0.39, 0.29) is 0 Å². The van der Waals surface area contributed by atoms with Gasteiger partial charge in [-0.25, -0.2) is 0 Å². The van der Waals surface area contributed by atoms with E-state index in [1.54, 1.807) is 0 Å². The molecule has 2 aliphatic rings. The molecule has 0 aromatic carbocycles. The van der Waals surface area contributed by atoms with Crippen LogP contribution in [0.15, 0.2) is 0 Å². The van der Waals surface area contributed by atoms with E-state index in [9.17, 15) is 0 Å². The predicted octanol–water partition coefficient (Wildman–Crippen LogP) is 3.11. The number of rotatable bonds is 7. The van der Waals surface area contributed by atoms with Crippen molar-refractivity contribution < 1.29 is 4.74 Å². The fraction of sp³-hybridized carbons (Fsp3) is 1.00. The monoisotopic (exact) mass is 225 g/mol. The van der Waals surface area contributed by atoms with Gasteiger partial charge in [0.1, 0.15) is 0 Å². The van der Waals surface area contributed by atoms with Crippen LogP contribution in [-0.2, 0) is 4.74 Å². The Kier molecular flexibility index (Phi) is 5.11. The van der Waals surface area contributed by atoms with Crippen molar-refractivity contribution in [3.63, 3.8) is 0 Å². The van der Waals surface area contributed by atoms with Crippen molar-refractivity contribution >= 4 is 0 Å². The van der Waals surface area contributed by atoms with E-state index in [1.807, 2.05) is 0 Å². The summed E-state index contributed by atoms with van der Waals surface area (Å²) >= 11 is 0. The number of ether oxygens (including phenoxy) is 1. The van der Waals surface area contributed by atoms with Gasteiger partial charge in [-0.1, -0.05) is 12.8 Å². The molecule has 94 valence electrons. The summed E-state index contributed by atoms with van der Waals surface area (Å²) < 4.78 is 5.78. The predicted molar refractivity (Wildman–Crippen MR) is 67.6 cm³/mol. The molecule has 2 fully saturated rings. The minimum atomic E-state index is 0.561. The van der Waals surface area contributed by atoms with E-state index in [0.717, 1.165) is 18.6 Å². The van der Waals surface area contributed by atoms with E-state index >= 15 is 0 Å². The quantitative estimate of drug-likeness (QED) is 0.719. The molecule has 1 heterocycles. The number of nitrogens with one attached hydrogen (secondary N) is 1. The first-order chi connectivity index (χ1) is 7.88. The molecule has 1 aliphatic carbocycles. The molecule has 2 nitrogen and oxygen atoms in total. The summed E-state index contributed by atoms with van der Waals surface area (Å²) in [5.74, 6) is 1.07. The minimum absolute atomic E-state index is 0.561. The van der Waals surface area contributed by atoms with Crippen LogP contribution in [0.2, 0.25) is 0 Å². The molecule has 1 saturated carbocycles. The maximum atomic E-state index is 5.78. The normalized spacial score (nSPS) is 27.9. The summed E-state index contributed by atoms with van der Waals surface area (Å²) in [4.78, 5) is 0. The summed E-state index contributed by atoms with van der Waals surface area (Å²) in [5.41, 5.74) is 0. The van der Waals surface area contributed by atoms with Gasteiger partial charge in [0.15, 0.2) is 0 Å². The van der Waals surface area contributed by atoms with Crippen LogP contribution < -0.4 is 5.32 Å². The first-order valence-corrected chi connectivity index (χ1v) is 7.17. The van der Waals surface area contributed by atoms with Gasteiger partial charge in [-0.05, 0) is 57.9 Å². The number of hydrogen-bond donors (Lipinski definition) is 1. The van der Waals surface area contributed by atoms with Gasteiger partial charge < -0.3 is 10.1 Å². The van der Waals surface area contributed by atoms with Crippen molar-refractivity contribution in [3.8, 4) is 0 Å². The summed E-state index contributed by atoms with van der Waals surface area (Å²) in [6, 6.07) is 0.728. The molecule has 2 rings (SSSR count). The van der Waals surface area contributed by atoms with Gasteiger partial charge in [-0.15, -0.1) is 0 Å². The highest BCUT2D eigenvalue weighted by Gasteiger charge is 2.22. The Labute approximate surface area is 100 Å². The van der Waals surface area contributed by atoms with Crippen LogP contribution in [-0.4, -0.2) is 25.8 Å². The Morgan fingerprint density at radius 3 is 2.56 bits per heavy atom.